The molecule has 6 rings (SSSR count). The Morgan fingerprint density at radius 1 is 0.816 bits per heavy atom. The maximum absolute atomic E-state index is 13.6. The van der Waals surface area contributed by atoms with E-state index >= 15 is 0 Å². The zero-order valence-corrected chi connectivity index (χ0v) is 21.1. The van der Waals surface area contributed by atoms with Crippen molar-refractivity contribution in [1.82, 2.24) is 9.80 Å². The molecule has 0 N–H and O–H groups in total. The lowest BCUT2D eigenvalue weighted by Gasteiger charge is -2.28. The Balaban J connectivity index is 1.31. The van der Waals surface area contributed by atoms with E-state index in [2.05, 4.69) is 29.7 Å². The molecule has 38 heavy (non-hydrogen) atoms. The first-order valence-corrected chi connectivity index (χ1v) is 12.1. The van der Waals surface area contributed by atoms with E-state index < -0.39 is 24.3 Å². The van der Waals surface area contributed by atoms with Gasteiger partial charge in [0.2, 0.25) is 0 Å². The van der Waals surface area contributed by atoms with Crippen LogP contribution in [0.25, 0.3) is 0 Å². The zero-order valence-electron chi connectivity index (χ0n) is 21.1. The number of benzene rings is 2. The molecule has 0 bridgehead atoms. The summed E-state index contributed by atoms with van der Waals surface area (Å²) < 4.78 is 17.2. The molecular weight excluding hydrogens is 484 g/mol. The fraction of sp³-hybridized carbons (Fsp3) is 0.241. The summed E-state index contributed by atoms with van der Waals surface area (Å²) in [5.41, 5.74) is 3.71. The molecule has 2 amide bonds. The van der Waals surface area contributed by atoms with Crippen molar-refractivity contribution in [3.05, 3.63) is 84.1 Å². The molecule has 9 heteroatoms. The van der Waals surface area contributed by atoms with Crippen LogP contribution in [0.3, 0.4) is 0 Å². The van der Waals surface area contributed by atoms with Crippen molar-refractivity contribution in [2.75, 3.05) is 20.8 Å². The van der Waals surface area contributed by atoms with Crippen molar-refractivity contribution in [3.8, 4) is 11.5 Å². The van der Waals surface area contributed by atoms with Crippen LogP contribution in [0, 0.1) is 0 Å². The second-order valence-electron chi connectivity index (χ2n) is 9.52. The number of hydrogen-bond donors (Lipinski definition) is 0. The molecule has 4 aliphatic rings. The van der Waals surface area contributed by atoms with Crippen LogP contribution in [0.15, 0.2) is 83.0 Å². The van der Waals surface area contributed by atoms with Gasteiger partial charge in [-0.1, -0.05) is 19.7 Å². The van der Waals surface area contributed by atoms with Gasteiger partial charge in [-0.15, -0.1) is 0 Å². The van der Waals surface area contributed by atoms with Gasteiger partial charge in [0.15, 0.2) is 0 Å². The van der Waals surface area contributed by atoms with E-state index in [1.807, 2.05) is 0 Å². The van der Waals surface area contributed by atoms with Crippen LogP contribution < -0.4 is 9.47 Å². The van der Waals surface area contributed by atoms with E-state index in [1.165, 1.54) is 0 Å². The number of carbonyl (C=O) groups excluding carboxylic acids is 2. The van der Waals surface area contributed by atoms with Crippen LogP contribution in [0.2, 0.25) is 0 Å². The molecule has 192 valence electrons. The zero-order chi connectivity index (χ0) is 26.7. The number of rotatable bonds is 4. The van der Waals surface area contributed by atoms with Gasteiger partial charge in [0, 0.05) is 24.7 Å². The molecule has 0 radical (unpaired) electrons. The number of aliphatic imine (C=N–C) groups is 2. The fourth-order valence-electron chi connectivity index (χ4n) is 5.38. The highest BCUT2D eigenvalue weighted by molar-refractivity contribution is 6.05. The Morgan fingerprint density at radius 3 is 2.00 bits per heavy atom. The maximum Gasteiger partial charge on any atom is 0.261 e. The topological polar surface area (TPSA) is 93.0 Å². The van der Waals surface area contributed by atoms with E-state index in [0.717, 1.165) is 5.57 Å². The molecule has 2 unspecified atom stereocenters. The SMILES string of the molecule is C=C1CN2C(=O)c3cc(OC)ccc3N=CC2[C@H]1O[C@H]1C(=C)C(=C)N2C(=O)c3cc(OC)ccc3N=CC12. The van der Waals surface area contributed by atoms with Crippen LogP contribution in [0.5, 0.6) is 11.5 Å². The summed E-state index contributed by atoms with van der Waals surface area (Å²) in [4.78, 5) is 39.6. The van der Waals surface area contributed by atoms with Gasteiger partial charge < -0.3 is 19.1 Å². The van der Waals surface area contributed by atoms with E-state index in [4.69, 9.17) is 14.2 Å². The lowest BCUT2D eigenvalue weighted by atomic mass is 10.1. The van der Waals surface area contributed by atoms with Crippen LogP contribution in [-0.2, 0) is 4.74 Å². The summed E-state index contributed by atoms with van der Waals surface area (Å²) in [6.45, 7) is 12.8. The first-order valence-electron chi connectivity index (χ1n) is 12.1. The average Bonchev–Trinajstić information content (AvgIpc) is 3.25. The Kier molecular flexibility index (Phi) is 5.53. The summed E-state index contributed by atoms with van der Waals surface area (Å²) >= 11 is 0. The number of hydrogen-bond acceptors (Lipinski definition) is 7. The third kappa shape index (κ3) is 3.50. The molecule has 0 aromatic heterocycles. The van der Waals surface area contributed by atoms with Crippen LogP contribution in [0.1, 0.15) is 20.7 Å². The number of nitrogens with zero attached hydrogens (tertiary/aromatic N) is 4. The fourth-order valence-corrected chi connectivity index (χ4v) is 5.38. The smallest absolute Gasteiger partial charge is 0.261 e. The van der Waals surface area contributed by atoms with E-state index in [9.17, 15) is 9.59 Å². The second-order valence-corrected chi connectivity index (χ2v) is 9.52. The molecule has 4 aliphatic heterocycles. The molecule has 4 heterocycles. The maximum atomic E-state index is 13.6. The summed E-state index contributed by atoms with van der Waals surface area (Å²) in [7, 11) is 3.10. The molecule has 2 saturated heterocycles. The van der Waals surface area contributed by atoms with Gasteiger partial charge in [-0.05, 0) is 47.5 Å². The Hall–Kier alpha value is -4.50. The average molecular weight is 511 g/mol. The van der Waals surface area contributed by atoms with Gasteiger partial charge in [0.25, 0.3) is 11.8 Å². The minimum Gasteiger partial charge on any atom is -0.497 e. The van der Waals surface area contributed by atoms with Gasteiger partial charge in [-0.25, -0.2) is 0 Å². The van der Waals surface area contributed by atoms with Gasteiger partial charge in [0.05, 0.1) is 42.8 Å². The molecule has 2 fully saturated rings. The highest BCUT2D eigenvalue weighted by atomic mass is 16.5. The minimum absolute atomic E-state index is 0.180. The first kappa shape index (κ1) is 23.9. The molecule has 0 spiro atoms. The van der Waals surface area contributed by atoms with Crippen molar-refractivity contribution in [2.24, 2.45) is 9.98 Å². The first-order chi connectivity index (χ1) is 18.3. The summed E-state index contributed by atoms with van der Waals surface area (Å²) in [6, 6.07) is 9.34. The number of carbonyl (C=O) groups is 2. The van der Waals surface area contributed by atoms with Crippen LogP contribution in [0.4, 0.5) is 11.4 Å². The normalized spacial score (nSPS) is 25.6. The second kappa shape index (κ2) is 8.81. The summed E-state index contributed by atoms with van der Waals surface area (Å²) in [5, 5.41) is 0. The van der Waals surface area contributed by atoms with Crippen molar-refractivity contribution in [2.45, 2.75) is 24.3 Å². The summed E-state index contributed by atoms with van der Waals surface area (Å²) in [5.74, 6) is 0.690. The van der Waals surface area contributed by atoms with Gasteiger partial charge in [0.1, 0.15) is 29.7 Å². The third-order valence-corrected chi connectivity index (χ3v) is 7.43. The molecule has 2 aromatic rings. The Bertz CT molecular complexity index is 1490. The van der Waals surface area contributed by atoms with Crippen molar-refractivity contribution < 1.29 is 23.8 Å². The summed E-state index contributed by atoms with van der Waals surface area (Å²) in [6.07, 6.45) is 2.20. The molecule has 2 aromatic carbocycles. The Morgan fingerprint density at radius 2 is 1.39 bits per heavy atom. The quantitative estimate of drug-likeness (QED) is 0.583. The van der Waals surface area contributed by atoms with Gasteiger partial charge in [-0.2, -0.15) is 0 Å². The monoisotopic (exact) mass is 510 g/mol. The lowest BCUT2D eigenvalue weighted by Crippen LogP contribution is -2.45. The largest absolute Gasteiger partial charge is 0.497 e. The third-order valence-electron chi connectivity index (χ3n) is 7.43. The number of amides is 2. The van der Waals surface area contributed by atoms with Crippen molar-refractivity contribution in [1.29, 1.82) is 0 Å². The van der Waals surface area contributed by atoms with Crippen molar-refractivity contribution in [3.63, 3.8) is 0 Å². The molecule has 4 atom stereocenters. The number of methoxy groups -OCH3 is 2. The van der Waals surface area contributed by atoms with Crippen LogP contribution >= 0.6 is 0 Å². The van der Waals surface area contributed by atoms with Crippen molar-refractivity contribution >= 4 is 35.6 Å². The highest BCUT2D eigenvalue weighted by Gasteiger charge is 2.49. The van der Waals surface area contributed by atoms with E-state index in [-0.39, 0.29) is 11.8 Å². The highest BCUT2D eigenvalue weighted by Crippen LogP contribution is 2.41. The van der Waals surface area contributed by atoms with Crippen LogP contribution in [-0.4, -0.2) is 79.1 Å². The van der Waals surface area contributed by atoms with Gasteiger partial charge in [-0.3, -0.25) is 24.5 Å². The number of fused-ring (bicyclic) bond motifs is 4. The predicted octanol–water partition coefficient (Wildman–Crippen LogP) is 3.86. The number of ether oxygens (including phenoxy) is 3. The predicted molar refractivity (Wildman–Crippen MR) is 143 cm³/mol. The standard InChI is InChI=1S/C29H26N4O5/c1-15-14-32-24(12-30-22-8-6-18(36-4)10-20(22)28(32)34)26(15)38-27-16(2)17(3)33-25(27)13-31-23-9-7-19(37-5)11-21(23)29(33)35/h6-13,24-27H,1-3,14H2,4-5H3/t24?,25?,26-,27-/m0/s1. The molecule has 0 saturated carbocycles. The Labute approximate surface area is 220 Å². The van der Waals surface area contributed by atoms with Gasteiger partial charge >= 0.3 is 0 Å². The molecular formula is C29H26N4O5. The molecule has 9 nitrogen and oxygen atoms in total. The van der Waals surface area contributed by atoms with E-state index in [0.29, 0.717) is 51.8 Å². The minimum atomic E-state index is -0.637. The molecule has 0 aliphatic carbocycles. The van der Waals surface area contributed by atoms with E-state index in [1.54, 1.807) is 72.8 Å². The lowest BCUT2D eigenvalue weighted by molar-refractivity contribution is 0.0109.